The summed E-state index contributed by atoms with van der Waals surface area (Å²) in [4.78, 5) is 22.4. The Morgan fingerprint density at radius 2 is 0.938 bits per heavy atom. The zero-order chi connectivity index (χ0) is 35.4. The van der Waals surface area contributed by atoms with Crippen LogP contribution in [0.25, 0.3) is 0 Å². The number of hydrogen-bond acceptors (Lipinski definition) is 8. The van der Waals surface area contributed by atoms with Crippen LogP contribution in [-0.2, 0) is 27.9 Å². The Morgan fingerprint density at radius 3 is 1.35 bits per heavy atom. The molecule has 0 rings (SSSR count). The van der Waals surface area contributed by atoms with Gasteiger partial charge in [-0.25, -0.2) is 4.57 Å². The van der Waals surface area contributed by atoms with Crippen molar-refractivity contribution in [3.05, 3.63) is 0 Å². The molecule has 3 N–H and O–H groups in total. The molecule has 0 aromatic rings. The molecule has 0 aliphatic carbocycles. The van der Waals surface area contributed by atoms with Gasteiger partial charge in [0, 0.05) is 13.0 Å². The Morgan fingerprint density at radius 1 is 0.562 bits per heavy atom. The summed E-state index contributed by atoms with van der Waals surface area (Å²) >= 11 is 0. The Hall–Kier alpha value is -0.540. The van der Waals surface area contributed by atoms with Crippen LogP contribution in [0.15, 0.2) is 0 Å². The zero-order valence-electron chi connectivity index (χ0n) is 31.2. The first-order valence-corrected chi connectivity index (χ1v) is 21.5. The Kier molecular flexibility index (Phi) is 35.8. The number of aliphatic hydroxyl groups is 2. The van der Waals surface area contributed by atoms with E-state index in [4.69, 9.17) is 23.6 Å². The minimum atomic E-state index is -4.50. The van der Waals surface area contributed by atoms with Crippen molar-refractivity contribution in [3.8, 4) is 0 Å². The lowest BCUT2D eigenvalue weighted by Crippen LogP contribution is -2.29. The number of rotatable bonds is 39. The van der Waals surface area contributed by atoms with Crippen LogP contribution in [-0.4, -0.2) is 66.3 Å². The highest BCUT2D eigenvalue weighted by Crippen LogP contribution is 2.43. The maximum atomic E-state index is 12.5. The highest BCUT2D eigenvalue weighted by Gasteiger charge is 2.26. The van der Waals surface area contributed by atoms with Gasteiger partial charge >= 0.3 is 13.8 Å². The third-order valence-electron chi connectivity index (χ3n) is 8.79. The van der Waals surface area contributed by atoms with Gasteiger partial charge in [0.2, 0.25) is 0 Å². The van der Waals surface area contributed by atoms with Crippen molar-refractivity contribution in [2.24, 2.45) is 0 Å². The summed E-state index contributed by atoms with van der Waals surface area (Å²) in [7, 11) is -4.50. The normalized spacial score (nSPS) is 14.2. The van der Waals surface area contributed by atoms with E-state index in [2.05, 4.69) is 13.8 Å². The third-order valence-corrected chi connectivity index (χ3v) is 9.74. The van der Waals surface area contributed by atoms with E-state index in [1.807, 2.05) is 0 Å². The van der Waals surface area contributed by atoms with Gasteiger partial charge in [-0.1, -0.05) is 174 Å². The minimum Gasteiger partial charge on any atom is -0.457 e. The molecular formula is C38H77O9P. The Labute approximate surface area is 295 Å². The lowest BCUT2D eigenvalue weighted by atomic mass is 10.0. The minimum absolute atomic E-state index is 0.0575. The number of ether oxygens (including phenoxy) is 2. The topological polar surface area (TPSA) is 132 Å². The summed E-state index contributed by atoms with van der Waals surface area (Å²) < 4.78 is 33.3. The molecule has 9 nitrogen and oxygen atoms in total. The third kappa shape index (κ3) is 35.3. The summed E-state index contributed by atoms with van der Waals surface area (Å²) in [5.41, 5.74) is 0. The molecule has 10 heteroatoms. The largest absolute Gasteiger partial charge is 0.472 e. The average Bonchev–Trinajstić information content (AvgIpc) is 3.07. The fourth-order valence-corrected chi connectivity index (χ4v) is 6.50. The van der Waals surface area contributed by atoms with Gasteiger partial charge in [-0.2, -0.15) is 0 Å². The second kappa shape index (κ2) is 36.3. The first-order chi connectivity index (χ1) is 23.3. The lowest BCUT2D eigenvalue weighted by Gasteiger charge is -2.20. The van der Waals surface area contributed by atoms with Gasteiger partial charge in [0.1, 0.15) is 12.2 Å². The van der Waals surface area contributed by atoms with Crippen LogP contribution in [0.4, 0.5) is 0 Å². The molecular weight excluding hydrogens is 631 g/mol. The van der Waals surface area contributed by atoms with E-state index >= 15 is 0 Å². The first-order valence-electron chi connectivity index (χ1n) is 20.0. The van der Waals surface area contributed by atoms with E-state index in [1.54, 1.807) is 0 Å². The van der Waals surface area contributed by atoms with Crippen molar-refractivity contribution in [3.63, 3.8) is 0 Å². The van der Waals surface area contributed by atoms with Crippen LogP contribution in [0, 0.1) is 0 Å². The van der Waals surface area contributed by atoms with Crippen LogP contribution < -0.4 is 0 Å². The van der Waals surface area contributed by atoms with E-state index in [0.29, 0.717) is 6.61 Å². The molecule has 0 aromatic heterocycles. The van der Waals surface area contributed by atoms with Crippen LogP contribution in [0.5, 0.6) is 0 Å². The van der Waals surface area contributed by atoms with Crippen LogP contribution in [0.1, 0.15) is 194 Å². The Balaban J connectivity index is 4.14. The second-order valence-electron chi connectivity index (χ2n) is 13.7. The molecule has 0 spiro atoms. The number of phosphoric ester groups is 1. The smallest absolute Gasteiger partial charge is 0.457 e. The molecule has 1 unspecified atom stereocenters. The first kappa shape index (κ1) is 47.5. The fraction of sp³-hybridized carbons (Fsp3) is 0.974. The van der Waals surface area contributed by atoms with Crippen molar-refractivity contribution in [1.82, 2.24) is 0 Å². The van der Waals surface area contributed by atoms with E-state index in [1.165, 1.54) is 141 Å². The zero-order valence-corrected chi connectivity index (χ0v) is 32.1. The molecule has 0 aliphatic heterocycles. The molecule has 48 heavy (non-hydrogen) atoms. The molecule has 0 aliphatic rings. The summed E-state index contributed by atoms with van der Waals surface area (Å²) in [6, 6.07) is 0. The van der Waals surface area contributed by atoms with Crippen molar-refractivity contribution in [1.29, 1.82) is 0 Å². The van der Waals surface area contributed by atoms with Crippen LogP contribution in [0.2, 0.25) is 0 Å². The number of carbonyl (C=O) groups is 1. The second-order valence-corrected chi connectivity index (χ2v) is 15.1. The molecule has 0 aromatic carbocycles. The van der Waals surface area contributed by atoms with E-state index < -0.39 is 33.2 Å². The van der Waals surface area contributed by atoms with E-state index in [9.17, 15) is 19.4 Å². The molecule has 0 radical (unpaired) electrons. The molecule has 0 heterocycles. The van der Waals surface area contributed by atoms with Gasteiger partial charge in [0.05, 0.1) is 26.4 Å². The highest BCUT2D eigenvalue weighted by atomic mass is 31.2. The lowest BCUT2D eigenvalue weighted by molar-refractivity contribution is -0.154. The van der Waals surface area contributed by atoms with Gasteiger partial charge in [-0.3, -0.25) is 13.8 Å². The maximum Gasteiger partial charge on any atom is 0.472 e. The van der Waals surface area contributed by atoms with E-state index in [0.717, 1.165) is 32.1 Å². The standard InChI is InChI=1S/C38H77O9P/c1-3-5-7-9-11-13-15-16-17-18-19-21-23-25-27-29-31-44-34-37(35-46-48(42,43)45-33-36(40)32-39)47-38(41)30-28-26-24-22-20-14-12-10-8-6-4-2/h36-37,39-40H,3-35H2,1-2H3,(H,42,43)/t36-,37+/m0/s1. The van der Waals surface area contributed by atoms with Crippen molar-refractivity contribution >= 4 is 13.8 Å². The van der Waals surface area contributed by atoms with E-state index in [-0.39, 0.29) is 25.6 Å². The van der Waals surface area contributed by atoms with Crippen LogP contribution in [0.3, 0.4) is 0 Å². The SMILES string of the molecule is CCCCCCCCCCCCCCCCCCOC[C@H](COP(=O)(O)OC[C@@H](O)CO)OC(=O)CCCCCCCCCCCCC. The number of esters is 1. The van der Waals surface area contributed by atoms with Crippen molar-refractivity contribution in [2.75, 3.05) is 33.0 Å². The van der Waals surface area contributed by atoms with Crippen molar-refractivity contribution < 1.29 is 43.0 Å². The predicted molar refractivity (Wildman–Crippen MR) is 196 cm³/mol. The molecule has 0 saturated carbocycles. The Bertz CT molecular complexity index is 724. The summed E-state index contributed by atoms with van der Waals surface area (Å²) in [6.07, 6.45) is 32.0. The van der Waals surface area contributed by atoms with Gasteiger partial charge in [-0.05, 0) is 12.8 Å². The number of carbonyl (C=O) groups excluding carboxylic acids is 1. The van der Waals surface area contributed by atoms with Crippen LogP contribution >= 0.6 is 7.82 Å². The number of aliphatic hydroxyl groups excluding tert-OH is 2. The highest BCUT2D eigenvalue weighted by molar-refractivity contribution is 7.47. The van der Waals surface area contributed by atoms with Gasteiger partial charge in [-0.15, -0.1) is 0 Å². The number of hydrogen-bond donors (Lipinski definition) is 3. The molecule has 0 bridgehead atoms. The summed E-state index contributed by atoms with van der Waals surface area (Å²) in [6.45, 7) is 3.55. The maximum absolute atomic E-state index is 12.5. The quantitative estimate of drug-likeness (QED) is 0.0324. The molecule has 3 atom stereocenters. The van der Waals surface area contributed by atoms with Crippen molar-refractivity contribution in [2.45, 2.75) is 206 Å². The number of phosphoric acid groups is 1. The monoisotopic (exact) mass is 709 g/mol. The molecule has 0 fully saturated rings. The average molecular weight is 709 g/mol. The van der Waals surface area contributed by atoms with Gasteiger partial charge < -0.3 is 24.6 Å². The van der Waals surface area contributed by atoms with Gasteiger partial charge in [0.15, 0.2) is 0 Å². The molecule has 0 saturated heterocycles. The number of unbranched alkanes of at least 4 members (excludes halogenated alkanes) is 25. The summed E-state index contributed by atoms with van der Waals surface area (Å²) in [5, 5.41) is 18.3. The molecule has 0 amide bonds. The molecule has 288 valence electrons. The fourth-order valence-electron chi connectivity index (χ4n) is 5.71. The summed E-state index contributed by atoms with van der Waals surface area (Å²) in [5.74, 6) is -0.380. The predicted octanol–water partition coefficient (Wildman–Crippen LogP) is 10.4. The van der Waals surface area contributed by atoms with Gasteiger partial charge in [0.25, 0.3) is 0 Å².